The van der Waals surface area contributed by atoms with Crippen LogP contribution in [0.1, 0.15) is 35.7 Å². The maximum absolute atomic E-state index is 11.5. The van der Waals surface area contributed by atoms with Crippen molar-refractivity contribution >= 4 is 11.7 Å². The predicted octanol–water partition coefficient (Wildman–Crippen LogP) is 3.69. The lowest BCUT2D eigenvalue weighted by Crippen LogP contribution is -2.04. The number of methoxy groups -OCH3 is 1. The zero-order valence-corrected chi connectivity index (χ0v) is 13.0. The monoisotopic (exact) mass is 316 g/mol. The predicted molar refractivity (Wildman–Crippen MR) is 82.8 cm³/mol. The summed E-state index contributed by atoms with van der Waals surface area (Å²) in [6.45, 7) is 4.07. The normalized spacial score (nSPS) is 10.4. The molecule has 1 aromatic carbocycles. The molecule has 0 atom stereocenters. The van der Waals surface area contributed by atoms with E-state index in [0.717, 1.165) is 11.6 Å². The first-order valence-electron chi connectivity index (χ1n) is 6.93. The van der Waals surface area contributed by atoms with Crippen LogP contribution < -0.4 is 4.74 Å². The van der Waals surface area contributed by atoms with Crippen molar-refractivity contribution in [2.45, 2.75) is 19.8 Å². The van der Waals surface area contributed by atoms with Gasteiger partial charge < -0.3 is 9.47 Å². The molecular formula is C16H16N2O5. The van der Waals surface area contributed by atoms with E-state index < -0.39 is 16.6 Å². The number of aromatic nitrogens is 1. The third-order valence-corrected chi connectivity index (χ3v) is 3.19. The Labute approximate surface area is 133 Å². The lowest BCUT2D eigenvalue weighted by atomic mass is 10.0. The van der Waals surface area contributed by atoms with Crippen molar-refractivity contribution in [3.63, 3.8) is 0 Å². The second-order valence-corrected chi connectivity index (χ2v) is 5.13. The zero-order valence-electron chi connectivity index (χ0n) is 13.0. The molecule has 0 fully saturated rings. The molecule has 120 valence electrons. The Morgan fingerprint density at radius 1 is 1.30 bits per heavy atom. The van der Waals surface area contributed by atoms with Crippen molar-refractivity contribution in [1.82, 2.24) is 4.98 Å². The Bertz CT molecular complexity index is 743. The summed E-state index contributed by atoms with van der Waals surface area (Å²) in [5.41, 5.74) is 0.627. The van der Waals surface area contributed by atoms with E-state index in [1.54, 1.807) is 18.2 Å². The van der Waals surface area contributed by atoms with E-state index in [9.17, 15) is 14.9 Å². The summed E-state index contributed by atoms with van der Waals surface area (Å²) in [6.07, 6.45) is 1.18. The van der Waals surface area contributed by atoms with Crippen LogP contribution in [0.3, 0.4) is 0 Å². The van der Waals surface area contributed by atoms with E-state index in [2.05, 4.69) is 9.72 Å². The van der Waals surface area contributed by atoms with Crippen LogP contribution in [0.4, 0.5) is 5.69 Å². The number of ether oxygens (including phenoxy) is 2. The molecule has 0 bridgehead atoms. The standard InChI is InChI=1S/C16H16N2O5/c1-10(2)11-5-4-6-13(7-11)23-15-14(18(20)21)8-12(9-17-15)16(19)22-3/h4-10H,1-3H3. The number of nitro groups is 1. The number of rotatable bonds is 5. The molecule has 0 saturated carbocycles. The summed E-state index contributed by atoms with van der Waals surface area (Å²) in [6, 6.07) is 8.31. The molecule has 7 nitrogen and oxygen atoms in total. The molecule has 7 heteroatoms. The maximum Gasteiger partial charge on any atom is 0.339 e. The van der Waals surface area contributed by atoms with Gasteiger partial charge in [-0.3, -0.25) is 10.1 Å². The number of nitrogens with zero attached hydrogens (tertiary/aromatic N) is 2. The van der Waals surface area contributed by atoms with Gasteiger partial charge in [-0.15, -0.1) is 0 Å². The molecule has 23 heavy (non-hydrogen) atoms. The lowest BCUT2D eigenvalue weighted by Gasteiger charge is -2.09. The SMILES string of the molecule is COC(=O)c1cnc(Oc2cccc(C(C)C)c2)c([N+](=O)[O-])c1. The number of carbonyl (C=O) groups is 1. The summed E-state index contributed by atoms with van der Waals surface area (Å²) < 4.78 is 10.1. The highest BCUT2D eigenvalue weighted by Crippen LogP contribution is 2.31. The van der Waals surface area contributed by atoms with Gasteiger partial charge in [0.15, 0.2) is 0 Å². The number of hydrogen-bond donors (Lipinski definition) is 0. The highest BCUT2D eigenvalue weighted by atomic mass is 16.6. The van der Waals surface area contributed by atoms with Crippen LogP contribution in [0.5, 0.6) is 11.6 Å². The van der Waals surface area contributed by atoms with E-state index in [-0.39, 0.29) is 11.4 Å². The molecule has 1 heterocycles. The molecule has 0 amide bonds. The Morgan fingerprint density at radius 2 is 2.04 bits per heavy atom. The van der Waals surface area contributed by atoms with E-state index in [1.807, 2.05) is 19.9 Å². The molecule has 2 aromatic rings. The van der Waals surface area contributed by atoms with Gasteiger partial charge in [0.25, 0.3) is 5.88 Å². The van der Waals surface area contributed by atoms with Crippen LogP contribution >= 0.6 is 0 Å². The minimum Gasteiger partial charge on any atom is -0.465 e. The van der Waals surface area contributed by atoms with Crippen molar-refractivity contribution in [2.75, 3.05) is 7.11 Å². The third kappa shape index (κ3) is 3.82. The van der Waals surface area contributed by atoms with Gasteiger partial charge in [0, 0.05) is 12.3 Å². The first-order chi connectivity index (χ1) is 10.9. The topological polar surface area (TPSA) is 91.6 Å². The second-order valence-electron chi connectivity index (χ2n) is 5.13. The van der Waals surface area contributed by atoms with E-state index in [4.69, 9.17) is 4.74 Å². The van der Waals surface area contributed by atoms with Crippen molar-refractivity contribution in [3.05, 3.63) is 57.8 Å². The van der Waals surface area contributed by atoms with Crippen LogP contribution in [-0.2, 0) is 4.74 Å². The minimum absolute atomic E-state index is 0.0116. The van der Waals surface area contributed by atoms with Crippen molar-refractivity contribution in [1.29, 1.82) is 0 Å². The first-order valence-corrected chi connectivity index (χ1v) is 6.93. The van der Waals surface area contributed by atoms with Crippen molar-refractivity contribution in [2.24, 2.45) is 0 Å². The minimum atomic E-state index is -0.700. The van der Waals surface area contributed by atoms with Crippen LogP contribution in [0.25, 0.3) is 0 Å². The molecule has 2 rings (SSSR count). The van der Waals surface area contributed by atoms with Gasteiger partial charge in [-0.25, -0.2) is 9.78 Å². The Hall–Kier alpha value is -2.96. The van der Waals surface area contributed by atoms with Gasteiger partial charge in [-0.2, -0.15) is 0 Å². The summed E-state index contributed by atoms with van der Waals surface area (Å²) in [4.78, 5) is 25.9. The van der Waals surface area contributed by atoms with Gasteiger partial charge in [0.05, 0.1) is 17.6 Å². The number of esters is 1. The largest absolute Gasteiger partial charge is 0.465 e. The quantitative estimate of drug-likeness (QED) is 0.474. The average Bonchev–Trinajstić information content (AvgIpc) is 2.54. The van der Waals surface area contributed by atoms with Crippen LogP contribution in [0, 0.1) is 10.1 Å². The molecule has 0 aliphatic heterocycles. The van der Waals surface area contributed by atoms with Gasteiger partial charge in [0.1, 0.15) is 5.75 Å². The molecule has 0 spiro atoms. The summed E-state index contributed by atoms with van der Waals surface area (Å²) >= 11 is 0. The molecule has 1 aromatic heterocycles. The number of benzene rings is 1. The van der Waals surface area contributed by atoms with Crippen LogP contribution in [0.15, 0.2) is 36.5 Å². The fraction of sp³-hybridized carbons (Fsp3) is 0.250. The number of hydrogen-bond acceptors (Lipinski definition) is 6. The maximum atomic E-state index is 11.5. The zero-order chi connectivity index (χ0) is 17.0. The molecule has 0 N–H and O–H groups in total. The second kappa shape index (κ2) is 6.87. The fourth-order valence-corrected chi connectivity index (χ4v) is 1.93. The molecule has 0 radical (unpaired) electrons. The van der Waals surface area contributed by atoms with Gasteiger partial charge in [-0.1, -0.05) is 26.0 Å². The molecular weight excluding hydrogens is 300 g/mol. The van der Waals surface area contributed by atoms with Crippen LogP contribution in [0.2, 0.25) is 0 Å². The van der Waals surface area contributed by atoms with Crippen molar-refractivity contribution < 1.29 is 19.2 Å². The van der Waals surface area contributed by atoms with E-state index in [1.165, 1.54) is 13.3 Å². The molecule has 0 unspecified atom stereocenters. The third-order valence-electron chi connectivity index (χ3n) is 3.19. The first kappa shape index (κ1) is 16.4. The summed E-state index contributed by atoms with van der Waals surface area (Å²) in [5, 5.41) is 11.2. The molecule has 0 aliphatic carbocycles. The Morgan fingerprint density at radius 3 is 2.65 bits per heavy atom. The van der Waals surface area contributed by atoms with Crippen molar-refractivity contribution in [3.8, 4) is 11.6 Å². The highest BCUT2D eigenvalue weighted by molar-refractivity contribution is 5.89. The highest BCUT2D eigenvalue weighted by Gasteiger charge is 2.21. The Kier molecular flexibility index (Phi) is 4.90. The smallest absolute Gasteiger partial charge is 0.339 e. The van der Waals surface area contributed by atoms with Gasteiger partial charge in [0.2, 0.25) is 0 Å². The number of pyridine rings is 1. The molecule has 0 aliphatic rings. The van der Waals surface area contributed by atoms with E-state index in [0.29, 0.717) is 11.7 Å². The van der Waals surface area contributed by atoms with Crippen LogP contribution in [-0.4, -0.2) is 23.0 Å². The van der Waals surface area contributed by atoms with Gasteiger partial charge in [-0.05, 0) is 23.6 Å². The van der Waals surface area contributed by atoms with Gasteiger partial charge >= 0.3 is 11.7 Å². The summed E-state index contributed by atoms with van der Waals surface area (Å²) in [7, 11) is 1.19. The summed E-state index contributed by atoms with van der Waals surface area (Å²) in [5.74, 6) is -0.140. The average molecular weight is 316 g/mol. The molecule has 0 saturated heterocycles. The number of carbonyl (C=O) groups excluding carboxylic acids is 1. The fourth-order valence-electron chi connectivity index (χ4n) is 1.93. The lowest BCUT2D eigenvalue weighted by molar-refractivity contribution is -0.386. The Balaban J connectivity index is 2.37. The van der Waals surface area contributed by atoms with E-state index >= 15 is 0 Å².